The van der Waals surface area contributed by atoms with Gasteiger partial charge in [0.25, 0.3) is 11.9 Å². The number of nitro groups is 1. The van der Waals surface area contributed by atoms with Gasteiger partial charge in [-0.3, -0.25) is 19.2 Å². The number of nitrogens with two attached hydrogens (primary N) is 1. The maximum absolute atomic E-state index is 12.9. The molecule has 17 heteroatoms. The molecule has 0 aliphatic heterocycles. The lowest BCUT2D eigenvalue weighted by molar-refractivity contribution is -0.485. The monoisotopic (exact) mass is 700 g/mol. The van der Waals surface area contributed by atoms with Crippen LogP contribution in [0.3, 0.4) is 0 Å². The van der Waals surface area contributed by atoms with Crippen LogP contribution in [0, 0.1) is 16.0 Å². The molecule has 0 aliphatic rings. The van der Waals surface area contributed by atoms with Gasteiger partial charge in [0.15, 0.2) is 5.03 Å². The van der Waals surface area contributed by atoms with Crippen LogP contribution in [0.25, 0.3) is 0 Å². The van der Waals surface area contributed by atoms with E-state index in [9.17, 15) is 34.1 Å². The molecule has 4 amide bonds. The molecule has 0 aliphatic carbocycles. The van der Waals surface area contributed by atoms with Crippen LogP contribution in [0.2, 0.25) is 0 Å². The largest absolute Gasteiger partial charge is 0.449 e. The number of guanidine groups is 1. The van der Waals surface area contributed by atoms with Crippen molar-refractivity contribution in [1.29, 1.82) is 0 Å². The Hall–Kier alpha value is -5.58. The standard InChI is InChI=1S/C25H38N8O8.C8H10O/c1-16(2)15-41-25(38)29-14-20(34)30-17(3)22(36)31-19(10-7-12-28-24(26)32-33(39)40)21(35)23(37)27-13-11-18-8-5-4-6-9-18;1-9-7-8-5-3-2-4-6-8/h4-6,8-9,16-17,19H,7,10-15H2,1-3H3,(H,27,37)(H,29,38)(H,30,34)(H,31,36)(H3,26,28,32);2-6H,7H2,1H3/t17-,19-;/m0./s1. The SMILES string of the molecule is CC(C)COC(=O)NCC(=O)N[C@@H](C)C(=O)N[C@@H](CCCN/C(N)=N\[N+](=O)[O-])C(=O)C(=O)NCCc1ccccc1.COCc1ccccc1. The molecule has 0 aromatic heterocycles. The molecule has 0 bridgehead atoms. The number of hydrogen-bond acceptors (Lipinski definition) is 9. The summed E-state index contributed by atoms with van der Waals surface area (Å²) in [6.07, 6.45) is -0.157. The first-order valence-electron chi connectivity index (χ1n) is 15.9. The molecule has 274 valence electrons. The fourth-order valence-corrected chi connectivity index (χ4v) is 3.97. The lowest BCUT2D eigenvalue weighted by Gasteiger charge is -2.21. The van der Waals surface area contributed by atoms with E-state index in [0.29, 0.717) is 13.0 Å². The van der Waals surface area contributed by atoms with Gasteiger partial charge in [0, 0.05) is 20.2 Å². The van der Waals surface area contributed by atoms with E-state index in [0.717, 1.165) is 5.56 Å². The Labute approximate surface area is 291 Å². The number of alkyl carbamates (subject to hydrolysis) is 1. The Morgan fingerprint density at radius 3 is 2.08 bits per heavy atom. The van der Waals surface area contributed by atoms with E-state index in [1.54, 1.807) is 7.11 Å². The number of rotatable bonds is 19. The molecule has 0 radical (unpaired) electrons. The summed E-state index contributed by atoms with van der Waals surface area (Å²) in [6, 6.07) is 17.0. The smallest absolute Gasteiger partial charge is 0.407 e. The Morgan fingerprint density at radius 1 is 0.880 bits per heavy atom. The summed E-state index contributed by atoms with van der Waals surface area (Å²) in [5.41, 5.74) is 7.54. The predicted octanol–water partition coefficient (Wildman–Crippen LogP) is 0.995. The first kappa shape index (κ1) is 42.4. The van der Waals surface area contributed by atoms with E-state index in [1.165, 1.54) is 12.5 Å². The van der Waals surface area contributed by atoms with Crippen molar-refractivity contribution >= 4 is 35.6 Å². The number of benzene rings is 2. The molecular formula is C33H48N8O9. The Kier molecular flexibility index (Phi) is 20.8. The van der Waals surface area contributed by atoms with E-state index in [-0.39, 0.29) is 38.5 Å². The number of methoxy groups -OCH3 is 1. The van der Waals surface area contributed by atoms with E-state index >= 15 is 0 Å². The first-order valence-corrected chi connectivity index (χ1v) is 15.9. The van der Waals surface area contributed by atoms with Crippen molar-refractivity contribution in [2.24, 2.45) is 16.8 Å². The van der Waals surface area contributed by atoms with E-state index in [1.807, 2.05) is 74.5 Å². The van der Waals surface area contributed by atoms with Gasteiger partial charge in [-0.15, -0.1) is 0 Å². The molecule has 0 spiro atoms. The Bertz CT molecular complexity index is 1390. The van der Waals surface area contributed by atoms with Gasteiger partial charge in [-0.2, -0.15) is 0 Å². The molecular weight excluding hydrogens is 652 g/mol. The molecule has 0 saturated carbocycles. The summed E-state index contributed by atoms with van der Waals surface area (Å²) >= 11 is 0. The van der Waals surface area contributed by atoms with Gasteiger partial charge in [-0.1, -0.05) is 74.5 Å². The summed E-state index contributed by atoms with van der Waals surface area (Å²) in [6.45, 7) is 5.74. The summed E-state index contributed by atoms with van der Waals surface area (Å²) in [5, 5.41) is 24.4. The minimum absolute atomic E-state index is 0.0284. The number of carbonyl (C=O) groups excluding carboxylic acids is 5. The van der Waals surface area contributed by atoms with E-state index in [4.69, 9.17) is 15.2 Å². The summed E-state index contributed by atoms with van der Waals surface area (Å²) in [7, 11) is 1.70. The quantitative estimate of drug-likeness (QED) is 0.0301. The van der Waals surface area contributed by atoms with Crippen molar-refractivity contribution in [3.05, 3.63) is 81.9 Å². The van der Waals surface area contributed by atoms with Gasteiger partial charge in [-0.25, -0.2) is 14.9 Å². The van der Waals surface area contributed by atoms with Crippen molar-refractivity contribution in [3.8, 4) is 0 Å². The lowest BCUT2D eigenvalue weighted by atomic mass is 10.0. The molecule has 2 atom stereocenters. The van der Waals surface area contributed by atoms with Crippen LogP contribution in [-0.4, -0.2) is 86.0 Å². The van der Waals surface area contributed by atoms with Crippen LogP contribution in [0.15, 0.2) is 65.8 Å². The zero-order chi connectivity index (χ0) is 37.3. The van der Waals surface area contributed by atoms with Crippen LogP contribution < -0.4 is 32.3 Å². The van der Waals surface area contributed by atoms with Gasteiger partial charge in [0.1, 0.15) is 17.7 Å². The number of hydrazone groups is 1. The third kappa shape index (κ3) is 19.9. The van der Waals surface area contributed by atoms with Crippen molar-refractivity contribution in [2.75, 3.05) is 33.4 Å². The second-order valence-corrected chi connectivity index (χ2v) is 11.3. The molecule has 2 aromatic carbocycles. The first-order chi connectivity index (χ1) is 23.8. The summed E-state index contributed by atoms with van der Waals surface area (Å²) < 4.78 is 9.83. The molecule has 17 nitrogen and oxygen atoms in total. The van der Waals surface area contributed by atoms with Crippen LogP contribution in [-0.2, 0) is 41.7 Å². The molecule has 2 rings (SSSR count). The number of hydrogen-bond donors (Lipinski definition) is 6. The zero-order valence-corrected chi connectivity index (χ0v) is 28.8. The van der Waals surface area contributed by atoms with Gasteiger partial charge in [0.2, 0.25) is 17.6 Å². The zero-order valence-electron chi connectivity index (χ0n) is 28.8. The Morgan fingerprint density at radius 2 is 1.50 bits per heavy atom. The maximum atomic E-state index is 12.9. The highest BCUT2D eigenvalue weighted by Gasteiger charge is 2.28. The number of ether oxygens (including phenoxy) is 2. The molecule has 0 saturated heterocycles. The van der Waals surface area contributed by atoms with Gasteiger partial charge in [0.05, 0.1) is 19.3 Å². The third-order valence-electron chi connectivity index (χ3n) is 6.43. The molecule has 50 heavy (non-hydrogen) atoms. The highest BCUT2D eigenvalue weighted by molar-refractivity contribution is 6.38. The number of carbonyl (C=O) groups is 5. The van der Waals surface area contributed by atoms with Crippen molar-refractivity contribution in [2.45, 2.75) is 58.7 Å². The topological polar surface area (TPSA) is 245 Å². The average molecular weight is 701 g/mol. The van der Waals surface area contributed by atoms with Gasteiger partial charge < -0.3 is 41.8 Å². The van der Waals surface area contributed by atoms with E-state index in [2.05, 4.69) is 31.7 Å². The molecule has 0 unspecified atom stereocenters. The number of amides is 4. The van der Waals surface area contributed by atoms with Crippen LogP contribution in [0.1, 0.15) is 44.7 Å². The number of nitrogens with zero attached hydrogens (tertiary/aromatic N) is 2. The highest BCUT2D eigenvalue weighted by atomic mass is 16.7. The normalized spacial score (nSPS) is 11.9. The Balaban J connectivity index is 0.00000119. The summed E-state index contributed by atoms with van der Waals surface area (Å²) in [5.74, 6) is -3.58. The summed E-state index contributed by atoms with van der Waals surface area (Å²) in [4.78, 5) is 72.3. The number of Topliss-reactive ketones (excluding diaryl/α,β-unsaturated/α-hetero) is 1. The number of ketones is 1. The van der Waals surface area contributed by atoms with Crippen molar-refractivity contribution < 1.29 is 38.5 Å². The third-order valence-corrected chi connectivity index (χ3v) is 6.43. The highest BCUT2D eigenvalue weighted by Crippen LogP contribution is 2.03. The number of nitrogens with one attached hydrogen (secondary N) is 5. The van der Waals surface area contributed by atoms with E-state index < -0.39 is 59.2 Å². The maximum Gasteiger partial charge on any atom is 0.407 e. The van der Waals surface area contributed by atoms with Crippen LogP contribution >= 0.6 is 0 Å². The van der Waals surface area contributed by atoms with Crippen molar-refractivity contribution in [1.82, 2.24) is 26.6 Å². The van der Waals surface area contributed by atoms with Crippen molar-refractivity contribution in [3.63, 3.8) is 0 Å². The lowest BCUT2D eigenvalue weighted by Crippen LogP contribution is -2.54. The molecule has 2 aromatic rings. The average Bonchev–Trinajstić information content (AvgIpc) is 3.08. The molecule has 0 heterocycles. The second kappa shape index (κ2) is 24.5. The van der Waals surface area contributed by atoms with Gasteiger partial charge >= 0.3 is 6.09 Å². The molecule has 7 N–H and O–H groups in total. The fraction of sp³-hybridized carbons (Fsp3) is 0.455. The van der Waals surface area contributed by atoms with Gasteiger partial charge in [-0.05, 0) is 43.2 Å². The van der Waals surface area contributed by atoms with Crippen LogP contribution in [0.4, 0.5) is 4.79 Å². The molecule has 0 fully saturated rings. The minimum atomic E-state index is -1.27. The predicted molar refractivity (Wildman–Crippen MR) is 185 cm³/mol. The van der Waals surface area contributed by atoms with Crippen LogP contribution in [0.5, 0.6) is 0 Å². The fourth-order valence-electron chi connectivity index (χ4n) is 3.97. The second-order valence-electron chi connectivity index (χ2n) is 11.3. The minimum Gasteiger partial charge on any atom is -0.449 e.